The van der Waals surface area contributed by atoms with Crippen molar-refractivity contribution in [3.05, 3.63) is 40.5 Å². The van der Waals surface area contributed by atoms with Gasteiger partial charge in [-0.15, -0.1) is 0 Å². The molecule has 0 amide bonds. The summed E-state index contributed by atoms with van der Waals surface area (Å²) in [7, 11) is 0. The normalized spacial score (nSPS) is 20.4. The molecule has 24 heavy (non-hydrogen) atoms. The van der Waals surface area contributed by atoms with Crippen LogP contribution < -0.4 is 0 Å². The summed E-state index contributed by atoms with van der Waals surface area (Å²) in [5.41, 5.74) is 3.56. The zero-order chi connectivity index (χ0) is 18.1. The van der Waals surface area contributed by atoms with E-state index in [-0.39, 0.29) is 28.6 Å². The average molecular weight is 330 g/mol. The highest BCUT2D eigenvalue weighted by atomic mass is 16.4. The van der Waals surface area contributed by atoms with E-state index < -0.39 is 5.97 Å². The highest BCUT2D eigenvalue weighted by molar-refractivity contribution is 5.88. The summed E-state index contributed by atoms with van der Waals surface area (Å²) >= 11 is 0. The molecule has 0 saturated carbocycles. The van der Waals surface area contributed by atoms with Gasteiger partial charge in [-0.1, -0.05) is 32.4 Å². The predicted molar refractivity (Wildman–Crippen MR) is 97.9 cm³/mol. The van der Waals surface area contributed by atoms with E-state index in [1.54, 1.807) is 6.07 Å². The van der Waals surface area contributed by atoms with Gasteiger partial charge < -0.3 is 10.2 Å². The van der Waals surface area contributed by atoms with Crippen LogP contribution in [0.25, 0.3) is 0 Å². The predicted octanol–water partition coefficient (Wildman–Crippen LogP) is 5.84. The van der Waals surface area contributed by atoms with Gasteiger partial charge in [0, 0.05) is 5.56 Å². The quantitative estimate of drug-likeness (QED) is 0.666. The van der Waals surface area contributed by atoms with E-state index in [0.717, 1.165) is 36.8 Å². The van der Waals surface area contributed by atoms with Gasteiger partial charge in [0.15, 0.2) is 0 Å². The number of allylic oxidation sites excluding steroid dienone is 2. The molecule has 1 aliphatic rings. The number of carbonyl (C=O) groups is 1. The first-order chi connectivity index (χ1) is 11.1. The van der Waals surface area contributed by atoms with E-state index in [2.05, 4.69) is 40.7 Å². The number of rotatable bonds is 5. The summed E-state index contributed by atoms with van der Waals surface area (Å²) in [4.78, 5) is 11.4. The number of phenols is 1. The molecule has 0 radical (unpaired) electrons. The molecule has 0 aliphatic heterocycles. The molecule has 1 aliphatic carbocycles. The second-order valence-electron chi connectivity index (χ2n) is 8.14. The van der Waals surface area contributed by atoms with Crippen molar-refractivity contribution in [3.8, 4) is 5.75 Å². The van der Waals surface area contributed by atoms with Crippen LogP contribution in [-0.2, 0) is 0 Å². The Morgan fingerprint density at radius 1 is 1.29 bits per heavy atom. The van der Waals surface area contributed by atoms with Crippen LogP contribution in [0, 0.1) is 5.41 Å². The molecule has 3 nitrogen and oxygen atoms in total. The minimum Gasteiger partial charge on any atom is -0.508 e. The van der Waals surface area contributed by atoms with Crippen LogP contribution >= 0.6 is 0 Å². The molecule has 0 saturated heterocycles. The lowest BCUT2D eigenvalue weighted by Gasteiger charge is -2.40. The summed E-state index contributed by atoms with van der Waals surface area (Å²) < 4.78 is 0. The number of hydrogen-bond donors (Lipinski definition) is 2. The topological polar surface area (TPSA) is 57.5 Å². The van der Waals surface area contributed by atoms with Gasteiger partial charge in [0.25, 0.3) is 0 Å². The van der Waals surface area contributed by atoms with Crippen molar-refractivity contribution in [1.82, 2.24) is 0 Å². The Labute approximate surface area is 145 Å². The van der Waals surface area contributed by atoms with Crippen LogP contribution in [0.3, 0.4) is 0 Å². The highest BCUT2D eigenvalue weighted by Crippen LogP contribution is 2.51. The Morgan fingerprint density at radius 3 is 2.54 bits per heavy atom. The molecule has 0 heterocycles. The maximum atomic E-state index is 11.4. The van der Waals surface area contributed by atoms with E-state index in [9.17, 15) is 15.0 Å². The van der Waals surface area contributed by atoms with E-state index in [1.807, 2.05) is 0 Å². The fraction of sp³-hybridized carbons (Fsp3) is 0.571. The summed E-state index contributed by atoms with van der Waals surface area (Å²) in [6, 6.07) is 3.19. The third-order valence-electron chi connectivity index (χ3n) is 5.48. The molecule has 1 unspecified atom stereocenters. The Hall–Kier alpha value is -1.77. The van der Waals surface area contributed by atoms with Crippen molar-refractivity contribution >= 4 is 5.97 Å². The number of carboxylic acid groups (broad SMARTS) is 1. The molecule has 1 aromatic carbocycles. The first-order valence-corrected chi connectivity index (χ1v) is 8.87. The van der Waals surface area contributed by atoms with E-state index >= 15 is 0 Å². The van der Waals surface area contributed by atoms with Crippen molar-refractivity contribution in [1.29, 1.82) is 0 Å². The molecular formula is C21H30O3. The summed E-state index contributed by atoms with van der Waals surface area (Å²) in [5.74, 6) is -0.290. The van der Waals surface area contributed by atoms with Crippen LogP contribution in [0.4, 0.5) is 0 Å². The number of benzene rings is 1. The molecule has 0 spiro atoms. The van der Waals surface area contributed by atoms with Gasteiger partial charge in [0.2, 0.25) is 0 Å². The third-order valence-corrected chi connectivity index (χ3v) is 5.48. The molecule has 1 aromatic rings. The fourth-order valence-corrected chi connectivity index (χ4v) is 4.04. The molecule has 0 fully saturated rings. The molecule has 0 bridgehead atoms. The number of hydrogen-bond acceptors (Lipinski definition) is 2. The van der Waals surface area contributed by atoms with Gasteiger partial charge in [-0.25, -0.2) is 4.79 Å². The molecule has 2 N–H and O–H groups in total. The van der Waals surface area contributed by atoms with Crippen molar-refractivity contribution in [2.45, 2.75) is 72.1 Å². The minimum atomic E-state index is -0.979. The van der Waals surface area contributed by atoms with Crippen LogP contribution in [0.15, 0.2) is 23.8 Å². The van der Waals surface area contributed by atoms with Gasteiger partial charge in [-0.05, 0) is 74.5 Å². The zero-order valence-corrected chi connectivity index (χ0v) is 15.5. The van der Waals surface area contributed by atoms with Crippen molar-refractivity contribution in [3.63, 3.8) is 0 Å². The molecule has 2 rings (SSSR count). The molecule has 0 aromatic heterocycles. The SMILES string of the molecule is CC(C)=CCCC(C)(C)[C@@H]1CCC(C)c2c(O)cc(C(=O)O)cc21. The van der Waals surface area contributed by atoms with Crippen LogP contribution in [0.1, 0.15) is 93.6 Å². The van der Waals surface area contributed by atoms with Gasteiger partial charge in [0.1, 0.15) is 5.75 Å². The first-order valence-electron chi connectivity index (χ1n) is 8.87. The summed E-state index contributed by atoms with van der Waals surface area (Å²) in [6.07, 6.45) is 6.41. The van der Waals surface area contributed by atoms with Gasteiger partial charge >= 0.3 is 5.97 Å². The number of aromatic hydroxyl groups is 1. The lowest BCUT2D eigenvalue weighted by atomic mass is 9.64. The summed E-state index contributed by atoms with van der Waals surface area (Å²) in [6.45, 7) is 10.9. The Kier molecular flexibility index (Phi) is 5.42. The van der Waals surface area contributed by atoms with Crippen molar-refractivity contribution in [2.24, 2.45) is 5.41 Å². The summed E-state index contributed by atoms with van der Waals surface area (Å²) in [5, 5.41) is 19.8. The highest BCUT2D eigenvalue weighted by Gasteiger charge is 2.37. The maximum Gasteiger partial charge on any atom is 0.335 e. The van der Waals surface area contributed by atoms with E-state index in [4.69, 9.17) is 0 Å². The Bertz CT molecular complexity index is 651. The average Bonchev–Trinajstić information content (AvgIpc) is 2.45. The van der Waals surface area contributed by atoms with Gasteiger partial charge in [-0.3, -0.25) is 0 Å². The second-order valence-corrected chi connectivity index (χ2v) is 8.14. The fourth-order valence-electron chi connectivity index (χ4n) is 4.04. The minimum absolute atomic E-state index is 0.0599. The lowest BCUT2D eigenvalue weighted by Crippen LogP contribution is -2.27. The maximum absolute atomic E-state index is 11.4. The van der Waals surface area contributed by atoms with Crippen molar-refractivity contribution in [2.75, 3.05) is 0 Å². The molecule has 2 atom stereocenters. The molecule has 3 heteroatoms. The van der Waals surface area contributed by atoms with Gasteiger partial charge in [0.05, 0.1) is 5.56 Å². The standard InChI is InChI=1S/C21H30O3/c1-13(2)7-6-10-21(4,5)17-9-8-14(3)19-16(17)11-15(20(23)24)12-18(19)22/h7,11-12,14,17,22H,6,8-10H2,1-5H3,(H,23,24)/t14?,17-/m1/s1. The van der Waals surface area contributed by atoms with E-state index in [0.29, 0.717) is 0 Å². The lowest BCUT2D eigenvalue weighted by molar-refractivity contribution is 0.0696. The number of carboxylic acids is 1. The number of phenolic OH excluding ortho intramolecular Hbond substituents is 1. The van der Waals surface area contributed by atoms with Crippen LogP contribution in [-0.4, -0.2) is 16.2 Å². The van der Waals surface area contributed by atoms with E-state index in [1.165, 1.54) is 11.6 Å². The first kappa shape index (κ1) is 18.6. The Balaban J connectivity index is 2.43. The molecule has 132 valence electrons. The third kappa shape index (κ3) is 3.82. The monoisotopic (exact) mass is 330 g/mol. The van der Waals surface area contributed by atoms with Gasteiger partial charge in [-0.2, -0.15) is 0 Å². The number of aromatic carboxylic acids is 1. The smallest absolute Gasteiger partial charge is 0.335 e. The number of fused-ring (bicyclic) bond motifs is 1. The Morgan fingerprint density at radius 2 is 1.96 bits per heavy atom. The van der Waals surface area contributed by atoms with Crippen LogP contribution in [0.2, 0.25) is 0 Å². The molecular weight excluding hydrogens is 300 g/mol. The zero-order valence-electron chi connectivity index (χ0n) is 15.5. The van der Waals surface area contributed by atoms with Crippen molar-refractivity contribution < 1.29 is 15.0 Å². The van der Waals surface area contributed by atoms with Crippen LogP contribution in [0.5, 0.6) is 5.75 Å². The largest absolute Gasteiger partial charge is 0.508 e. The second kappa shape index (κ2) is 7.00.